The summed E-state index contributed by atoms with van der Waals surface area (Å²) in [5, 5.41) is 9.58. The summed E-state index contributed by atoms with van der Waals surface area (Å²) >= 11 is 0. The Morgan fingerprint density at radius 2 is 2.00 bits per heavy atom. The van der Waals surface area contributed by atoms with E-state index in [2.05, 4.69) is 31.2 Å². The molecule has 88 valence electrons. The molecule has 1 aliphatic carbocycles. The van der Waals surface area contributed by atoms with Crippen molar-refractivity contribution >= 4 is 0 Å². The molecule has 1 aromatic rings. The van der Waals surface area contributed by atoms with E-state index in [0.29, 0.717) is 0 Å². The zero-order valence-corrected chi connectivity index (χ0v) is 10.1. The molecule has 1 aromatic carbocycles. The average Bonchev–Trinajstić information content (AvgIpc) is 2.31. The SMILES string of the molecule is CO[C@]1(c2cccc(C)c2)CC[C@@H](O)CC1. The van der Waals surface area contributed by atoms with Gasteiger partial charge in [-0.15, -0.1) is 0 Å². The molecule has 1 N–H and O–H groups in total. The van der Waals surface area contributed by atoms with Crippen LogP contribution in [-0.2, 0) is 10.3 Å². The van der Waals surface area contributed by atoms with Gasteiger partial charge in [0.2, 0.25) is 0 Å². The van der Waals surface area contributed by atoms with Crippen LogP contribution in [-0.4, -0.2) is 18.3 Å². The highest BCUT2D eigenvalue weighted by atomic mass is 16.5. The minimum absolute atomic E-state index is 0.145. The van der Waals surface area contributed by atoms with Gasteiger partial charge < -0.3 is 9.84 Å². The second kappa shape index (κ2) is 4.56. The smallest absolute Gasteiger partial charge is 0.0929 e. The van der Waals surface area contributed by atoms with E-state index < -0.39 is 0 Å². The summed E-state index contributed by atoms with van der Waals surface area (Å²) in [6, 6.07) is 8.51. The molecule has 0 spiro atoms. The van der Waals surface area contributed by atoms with E-state index in [9.17, 15) is 5.11 Å². The third-order valence-electron chi connectivity index (χ3n) is 3.70. The van der Waals surface area contributed by atoms with Gasteiger partial charge in [0.05, 0.1) is 11.7 Å². The normalized spacial score (nSPS) is 30.3. The van der Waals surface area contributed by atoms with Crippen LogP contribution in [0.3, 0.4) is 0 Å². The summed E-state index contributed by atoms with van der Waals surface area (Å²) in [6.07, 6.45) is 3.35. The van der Waals surface area contributed by atoms with Crippen LogP contribution < -0.4 is 0 Å². The Morgan fingerprint density at radius 3 is 2.56 bits per heavy atom. The van der Waals surface area contributed by atoms with Crippen molar-refractivity contribution in [3.05, 3.63) is 35.4 Å². The predicted octanol–water partition coefficient (Wildman–Crippen LogP) is 2.77. The molecule has 2 heteroatoms. The number of aliphatic hydroxyl groups is 1. The number of hydrogen-bond donors (Lipinski definition) is 1. The number of hydrogen-bond acceptors (Lipinski definition) is 2. The fourth-order valence-corrected chi connectivity index (χ4v) is 2.61. The molecule has 2 nitrogen and oxygen atoms in total. The van der Waals surface area contributed by atoms with Crippen molar-refractivity contribution in [2.24, 2.45) is 0 Å². The van der Waals surface area contributed by atoms with E-state index in [1.54, 1.807) is 7.11 Å². The van der Waals surface area contributed by atoms with Crippen LogP contribution in [0.1, 0.15) is 36.8 Å². The first-order valence-electron chi connectivity index (χ1n) is 5.97. The number of methoxy groups -OCH3 is 1. The molecule has 0 aromatic heterocycles. The van der Waals surface area contributed by atoms with Crippen LogP contribution >= 0.6 is 0 Å². The molecule has 1 fully saturated rings. The molecule has 0 radical (unpaired) electrons. The van der Waals surface area contributed by atoms with Crippen molar-refractivity contribution in [2.75, 3.05) is 7.11 Å². The van der Waals surface area contributed by atoms with Gasteiger partial charge in [0.15, 0.2) is 0 Å². The monoisotopic (exact) mass is 220 g/mol. The highest BCUT2D eigenvalue weighted by Crippen LogP contribution is 2.40. The van der Waals surface area contributed by atoms with Gasteiger partial charge in [-0.2, -0.15) is 0 Å². The lowest BCUT2D eigenvalue weighted by molar-refractivity contribution is -0.0690. The third kappa shape index (κ3) is 2.13. The fourth-order valence-electron chi connectivity index (χ4n) is 2.61. The lowest BCUT2D eigenvalue weighted by Crippen LogP contribution is -2.35. The van der Waals surface area contributed by atoms with E-state index in [4.69, 9.17) is 4.74 Å². The minimum atomic E-state index is -0.175. The highest BCUT2D eigenvalue weighted by Gasteiger charge is 2.36. The molecule has 1 saturated carbocycles. The molecule has 2 rings (SSSR count). The molecule has 0 amide bonds. The third-order valence-corrected chi connectivity index (χ3v) is 3.70. The number of aryl methyl sites for hydroxylation is 1. The van der Waals surface area contributed by atoms with Gasteiger partial charge >= 0.3 is 0 Å². The van der Waals surface area contributed by atoms with Gasteiger partial charge in [0.1, 0.15) is 0 Å². The zero-order chi connectivity index (χ0) is 11.6. The Labute approximate surface area is 97.3 Å². The summed E-state index contributed by atoms with van der Waals surface area (Å²) in [5.41, 5.74) is 2.34. The second-order valence-corrected chi connectivity index (χ2v) is 4.80. The van der Waals surface area contributed by atoms with Crippen molar-refractivity contribution in [3.8, 4) is 0 Å². The number of aliphatic hydroxyl groups excluding tert-OH is 1. The molecule has 0 aliphatic heterocycles. The van der Waals surface area contributed by atoms with Crippen molar-refractivity contribution in [1.82, 2.24) is 0 Å². The van der Waals surface area contributed by atoms with Crippen LogP contribution in [0, 0.1) is 6.92 Å². The molecule has 0 atom stereocenters. The van der Waals surface area contributed by atoms with Crippen LogP contribution in [0.25, 0.3) is 0 Å². The van der Waals surface area contributed by atoms with Crippen LogP contribution in [0.2, 0.25) is 0 Å². The predicted molar refractivity (Wildman–Crippen MR) is 64.3 cm³/mol. The Morgan fingerprint density at radius 1 is 1.31 bits per heavy atom. The number of rotatable bonds is 2. The van der Waals surface area contributed by atoms with Crippen molar-refractivity contribution < 1.29 is 9.84 Å². The molecular formula is C14H20O2. The standard InChI is InChI=1S/C14H20O2/c1-11-4-3-5-12(10-11)14(16-2)8-6-13(15)7-9-14/h3-5,10,13,15H,6-9H2,1-2H3/t13-,14-. The van der Waals surface area contributed by atoms with E-state index in [1.165, 1.54) is 11.1 Å². The van der Waals surface area contributed by atoms with E-state index in [1.807, 2.05) is 0 Å². The summed E-state index contributed by atoms with van der Waals surface area (Å²) in [6.45, 7) is 2.10. The average molecular weight is 220 g/mol. The van der Waals surface area contributed by atoms with Crippen molar-refractivity contribution in [1.29, 1.82) is 0 Å². The first-order chi connectivity index (χ1) is 7.66. The maximum Gasteiger partial charge on any atom is 0.0929 e. The molecule has 0 saturated heterocycles. The topological polar surface area (TPSA) is 29.5 Å². The first-order valence-corrected chi connectivity index (χ1v) is 5.97. The van der Waals surface area contributed by atoms with Gasteiger partial charge in [-0.05, 0) is 38.2 Å². The van der Waals surface area contributed by atoms with Gasteiger partial charge in [-0.25, -0.2) is 0 Å². The molecular weight excluding hydrogens is 200 g/mol. The Kier molecular flexibility index (Phi) is 3.31. The van der Waals surface area contributed by atoms with Gasteiger partial charge in [0.25, 0.3) is 0 Å². The van der Waals surface area contributed by atoms with Crippen LogP contribution in [0.15, 0.2) is 24.3 Å². The molecule has 0 bridgehead atoms. The van der Waals surface area contributed by atoms with Gasteiger partial charge in [0, 0.05) is 7.11 Å². The minimum Gasteiger partial charge on any atom is -0.393 e. The Hall–Kier alpha value is -0.860. The van der Waals surface area contributed by atoms with Crippen molar-refractivity contribution in [2.45, 2.75) is 44.3 Å². The van der Waals surface area contributed by atoms with E-state index >= 15 is 0 Å². The quantitative estimate of drug-likeness (QED) is 0.830. The summed E-state index contributed by atoms with van der Waals surface area (Å²) < 4.78 is 5.76. The highest BCUT2D eigenvalue weighted by molar-refractivity contribution is 5.28. The number of ether oxygens (including phenoxy) is 1. The largest absolute Gasteiger partial charge is 0.393 e. The zero-order valence-electron chi connectivity index (χ0n) is 10.1. The second-order valence-electron chi connectivity index (χ2n) is 4.80. The van der Waals surface area contributed by atoms with E-state index in [-0.39, 0.29) is 11.7 Å². The lowest BCUT2D eigenvalue weighted by Gasteiger charge is -2.38. The molecule has 0 unspecified atom stereocenters. The maximum absolute atomic E-state index is 9.58. The van der Waals surface area contributed by atoms with Crippen molar-refractivity contribution in [3.63, 3.8) is 0 Å². The van der Waals surface area contributed by atoms with Crippen LogP contribution in [0.4, 0.5) is 0 Å². The Balaban J connectivity index is 2.28. The van der Waals surface area contributed by atoms with E-state index in [0.717, 1.165) is 25.7 Å². The fraction of sp³-hybridized carbons (Fsp3) is 0.571. The maximum atomic E-state index is 9.58. The molecule has 16 heavy (non-hydrogen) atoms. The lowest BCUT2D eigenvalue weighted by atomic mass is 9.78. The molecule has 1 aliphatic rings. The van der Waals surface area contributed by atoms with Gasteiger partial charge in [-0.3, -0.25) is 0 Å². The first kappa shape index (κ1) is 11.6. The number of benzene rings is 1. The summed E-state index contributed by atoms with van der Waals surface area (Å²) in [5.74, 6) is 0. The Bertz CT molecular complexity index is 352. The summed E-state index contributed by atoms with van der Waals surface area (Å²) in [7, 11) is 1.78. The van der Waals surface area contributed by atoms with Crippen LogP contribution in [0.5, 0.6) is 0 Å². The molecule has 0 heterocycles. The summed E-state index contributed by atoms with van der Waals surface area (Å²) in [4.78, 5) is 0. The van der Waals surface area contributed by atoms with Gasteiger partial charge in [-0.1, -0.05) is 29.8 Å².